The lowest BCUT2D eigenvalue weighted by Gasteiger charge is -2.35. The van der Waals surface area contributed by atoms with E-state index in [1.807, 2.05) is 13.0 Å². The average Bonchev–Trinajstić information content (AvgIpc) is 3.23. The second kappa shape index (κ2) is 8.95. The van der Waals surface area contributed by atoms with Crippen LogP contribution in [0.3, 0.4) is 0 Å². The Labute approximate surface area is 161 Å². The summed E-state index contributed by atoms with van der Waals surface area (Å²) in [6.07, 6.45) is 3.80. The van der Waals surface area contributed by atoms with Crippen LogP contribution in [0.2, 0.25) is 0 Å². The van der Waals surface area contributed by atoms with Gasteiger partial charge in [-0.2, -0.15) is 0 Å². The third kappa shape index (κ3) is 5.26. The Hall–Kier alpha value is -2.47. The zero-order valence-corrected chi connectivity index (χ0v) is 16.2. The Morgan fingerprint density at radius 1 is 1.30 bits per heavy atom. The van der Waals surface area contributed by atoms with E-state index >= 15 is 0 Å². The highest BCUT2D eigenvalue weighted by Gasteiger charge is 2.26. The molecule has 6 heteroatoms. The Morgan fingerprint density at radius 2 is 2.11 bits per heavy atom. The lowest BCUT2D eigenvalue weighted by atomic mass is 10.0. The van der Waals surface area contributed by atoms with E-state index in [1.165, 1.54) is 5.69 Å². The molecule has 2 aromatic rings. The van der Waals surface area contributed by atoms with Crippen LogP contribution >= 0.6 is 0 Å². The number of benzene rings is 1. The van der Waals surface area contributed by atoms with Gasteiger partial charge in [0.25, 0.3) is 0 Å². The lowest BCUT2D eigenvalue weighted by Crippen LogP contribution is -2.51. The van der Waals surface area contributed by atoms with Crippen molar-refractivity contribution in [2.45, 2.75) is 38.3 Å². The number of hydrogen-bond donors (Lipinski definition) is 3. The van der Waals surface area contributed by atoms with Gasteiger partial charge >= 0.3 is 0 Å². The smallest absolute Gasteiger partial charge is 0.191 e. The van der Waals surface area contributed by atoms with Gasteiger partial charge in [0.1, 0.15) is 11.4 Å². The van der Waals surface area contributed by atoms with E-state index in [4.69, 9.17) is 4.42 Å². The van der Waals surface area contributed by atoms with E-state index in [1.54, 1.807) is 25.3 Å². The van der Waals surface area contributed by atoms with Crippen LogP contribution in [0, 0.1) is 0 Å². The topological polar surface area (TPSA) is 73.0 Å². The van der Waals surface area contributed by atoms with Gasteiger partial charge in [0.15, 0.2) is 5.96 Å². The molecule has 0 saturated carbocycles. The van der Waals surface area contributed by atoms with Crippen LogP contribution in [0.1, 0.15) is 32.4 Å². The molecule has 146 valence electrons. The maximum absolute atomic E-state index is 10.6. The van der Waals surface area contributed by atoms with Crippen molar-refractivity contribution in [3.05, 3.63) is 54.5 Å². The Balaban J connectivity index is 1.63. The van der Waals surface area contributed by atoms with Gasteiger partial charge < -0.3 is 25.1 Å². The zero-order chi connectivity index (χ0) is 19.1. The van der Waals surface area contributed by atoms with Crippen molar-refractivity contribution in [1.82, 2.24) is 10.6 Å². The van der Waals surface area contributed by atoms with E-state index < -0.39 is 5.60 Å². The fraction of sp³-hybridized carbons (Fsp3) is 0.476. The Kier molecular flexibility index (Phi) is 6.40. The first kappa shape index (κ1) is 19.3. The van der Waals surface area contributed by atoms with Crippen LogP contribution in [0.5, 0.6) is 0 Å². The van der Waals surface area contributed by atoms with Crippen molar-refractivity contribution in [3.63, 3.8) is 0 Å². The number of aliphatic imine (C=N–C) groups is 1. The first-order valence-electron chi connectivity index (χ1n) is 9.69. The Morgan fingerprint density at radius 3 is 2.81 bits per heavy atom. The molecule has 1 aliphatic rings. The number of hydrogen-bond acceptors (Lipinski definition) is 4. The maximum atomic E-state index is 10.6. The van der Waals surface area contributed by atoms with Gasteiger partial charge in [0.05, 0.1) is 12.8 Å². The number of para-hydroxylation sites is 1. The second-order valence-corrected chi connectivity index (χ2v) is 7.21. The minimum Gasteiger partial charge on any atom is -0.466 e. The van der Waals surface area contributed by atoms with E-state index in [0.29, 0.717) is 11.8 Å². The summed E-state index contributed by atoms with van der Waals surface area (Å²) in [5.74, 6) is 1.25. The molecule has 1 saturated heterocycles. The summed E-state index contributed by atoms with van der Waals surface area (Å²) in [6.45, 7) is 6.76. The molecule has 2 atom stereocenters. The largest absolute Gasteiger partial charge is 0.466 e. The van der Waals surface area contributed by atoms with Gasteiger partial charge in [-0.3, -0.25) is 0 Å². The number of guanidine groups is 1. The van der Waals surface area contributed by atoms with Gasteiger partial charge in [0, 0.05) is 31.4 Å². The first-order chi connectivity index (χ1) is 13.1. The van der Waals surface area contributed by atoms with Crippen LogP contribution in [-0.4, -0.2) is 43.3 Å². The molecule has 1 fully saturated rings. The highest BCUT2D eigenvalue weighted by Crippen LogP contribution is 2.22. The molecular formula is C21H30N4O2. The SMILES string of the molecule is CCNC(=NCC(C)(O)c1ccco1)NC1CCCN(c2ccccc2)C1. The third-order valence-corrected chi connectivity index (χ3v) is 4.82. The van der Waals surface area contributed by atoms with Crippen molar-refractivity contribution < 1.29 is 9.52 Å². The predicted octanol–water partition coefficient (Wildman–Crippen LogP) is 2.71. The van der Waals surface area contributed by atoms with Gasteiger partial charge in [-0.1, -0.05) is 18.2 Å². The monoisotopic (exact) mass is 370 g/mol. The van der Waals surface area contributed by atoms with Crippen molar-refractivity contribution in [2.75, 3.05) is 31.1 Å². The molecule has 3 rings (SSSR count). The van der Waals surface area contributed by atoms with Crippen LogP contribution in [0.25, 0.3) is 0 Å². The fourth-order valence-corrected chi connectivity index (χ4v) is 3.38. The van der Waals surface area contributed by atoms with Gasteiger partial charge in [-0.25, -0.2) is 4.99 Å². The number of rotatable bonds is 6. The standard InChI is InChI=1S/C21H30N4O2/c1-3-22-20(23-16-21(2,26)19-12-8-14-27-19)24-17-9-7-13-25(15-17)18-10-5-4-6-11-18/h4-6,8,10-12,14,17,26H,3,7,9,13,15-16H2,1-2H3,(H2,22,23,24). The van der Waals surface area contributed by atoms with Gasteiger partial charge in [-0.05, 0) is 51.0 Å². The maximum Gasteiger partial charge on any atom is 0.191 e. The molecule has 2 heterocycles. The molecule has 1 aliphatic heterocycles. The molecule has 1 aromatic heterocycles. The molecule has 3 N–H and O–H groups in total. The van der Waals surface area contributed by atoms with Crippen molar-refractivity contribution in [1.29, 1.82) is 0 Å². The minimum absolute atomic E-state index is 0.227. The fourth-order valence-electron chi connectivity index (χ4n) is 3.38. The van der Waals surface area contributed by atoms with E-state index in [0.717, 1.165) is 38.4 Å². The predicted molar refractivity (Wildman–Crippen MR) is 109 cm³/mol. The molecule has 0 radical (unpaired) electrons. The van der Waals surface area contributed by atoms with Crippen molar-refractivity contribution >= 4 is 11.6 Å². The summed E-state index contributed by atoms with van der Waals surface area (Å²) in [6, 6.07) is 14.4. The number of aliphatic hydroxyl groups is 1. The van der Waals surface area contributed by atoms with Crippen LogP contribution in [-0.2, 0) is 5.60 Å². The van der Waals surface area contributed by atoms with Gasteiger partial charge in [-0.15, -0.1) is 0 Å². The highest BCUT2D eigenvalue weighted by molar-refractivity contribution is 5.80. The summed E-state index contributed by atoms with van der Waals surface area (Å²) in [7, 11) is 0. The number of anilines is 1. The van der Waals surface area contributed by atoms with Crippen LogP contribution in [0.4, 0.5) is 5.69 Å². The quantitative estimate of drug-likeness (QED) is 0.539. The summed E-state index contributed by atoms with van der Waals surface area (Å²) in [5.41, 5.74) is 0.126. The lowest BCUT2D eigenvalue weighted by molar-refractivity contribution is 0.0436. The van der Waals surface area contributed by atoms with Crippen LogP contribution in [0.15, 0.2) is 58.1 Å². The summed E-state index contributed by atoms with van der Waals surface area (Å²) in [4.78, 5) is 7.01. The molecule has 0 spiro atoms. The third-order valence-electron chi connectivity index (χ3n) is 4.82. The van der Waals surface area contributed by atoms with E-state index in [2.05, 4.69) is 44.8 Å². The van der Waals surface area contributed by atoms with E-state index in [9.17, 15) is 5.11 Å². The molecule has 0 aliphatic carbocycles. The minimum atomic E-state index is -1.13. The van der Waals surface area contributed by atoms with Gasteiger partial charge in [0.2, 0.25) is 0 Å². The highest BCUT2D eigenvalue weighted by atomic mass is 16.4. The van der Waals surface area contributed by atoms with Crippen LogP contribution < -0.4 is 15.5 Å². The van der Waals surface area contributed by atoms with E-state index in [-0.39, 0.29) is 6.54 Å². The number of piperidine rings is 1. The molecule has 0 amide bonds. The Bertz CT molecular complexity index is 713. The number of furan rings is 1. The summed E-state index contributed by atoms with van der Waals surface area (Å²) < 4.78 is 5.34. The molecule has 2 unspecified atom stereocenters. The first-order valence-corrected chi connectivity index (χ1v) is 9.69. The average molecular weight is 370 g/mol. The molecule has 0 bridgehead atoms. The summed E-state index contributed by atoms with van der Waals surface area (Å²) in [5, 5.41) is 17.4. The second-order valence-electron chi connectivity index (χ2n) is 7.21. The number of nitrogens with zero attached hydrogens (tertiary/aromatic N) is 2. The molecule has 1 aromatic carbocycles. The van der Waals surface area contributed by atoms with Crippen molar-refractivity contribution in [2.24, 2.45) is 4.99 Å². The molecular weight excluding hydrogens is 340 g/mol. The zero-order valence-electron chi connectivity index (χ0n) is 16.2. The number of nitrogens with one attached hydrogen (secondary N) is 2. The normalized spacial score (nSPS) is 20.2. The molecule has 27 heavy (non-hydrogen) atoms. The van der Waals surface area contributed by atoms with Crippen molar-refractivity contribution in [3.8, 4) is 0 Å². The molecule has 6 nitrogen and oxygen atoms in total. The summed E-state index contributed by atoms with van der Waals surface area (Å²) >= 11 is 0.